The first kappa shape index (κ1) is 16.9. The minimum Gasteiger partial charge on any atom is -0.452 e. The number of esters is 1. The fourth-order valence-electron chi connectivity index (χ4n) is 2.29. The first-order valence-electron chi connectivity index (χ1n) is 7.56. The van der Waals surface area contributed by atoms with Gasteiger partial charge in [0.2, 0.25) is 0 Å². The molecule has 1 amide bonds. The highest BCUT2D eigenvalue weighted by molar-refractivity contribution is 7.12. The van der Waals surface area contributed by atoms with Gasteiger partial charge in [-0.15, -0.1) is 22.7 Å². The van der Waals surface area contributed by atoms with E-state index in [1.807, 2.05) is 35.0 Å². The highest BCUT2D eigenvalue weighted by Crippen LogP contribution is 2.25. The van der Waals surface area contributed by atoms with Gasteiger partial charge in [0.1, 0.15) is 0 Å². The number of carbonyl (C=O) groups is 2. The molecule has 0 aromatic carbocycles. The van der Waals surface area contributed by atoms with Crippen LogP contribution in [0.3, 0.4) is 0 Å². The van der Waals surface area contributed by atoms with Gasteiger partial charge in [-0.05, 0) is 29.0 Å². The first-order valence-corrected chi connectivity index (χ1v) is 9.32. The van der Waals surface area contributed by atoms with Crippen molar-refractivity contribution in [2.24, 2.45) is 0 Å². The lowest BCUT2D eigenvalue weighted by atomic mass is 10.2. The summed E-state index contributed by atoms with van der Waals surface area (Å²) in [5.74, 6) is -0.666. The number of hydrogen-bond donors (Lipinski definition) is 0. The Morgan fingerprint density at radius 3 is 2.58 bits per heavy atom. The third-order valence-corrected chi connectivity index (χ3v) is 5.25. The Labute approximate surface area is 148 Å². The van der Waals surface area contributed by atoms with Crippen molar-refractivity contribution >= 4 is 46.2 Å². The number of rotatable bonds is 5. The standard InChI is InChI=1S/C17H17NO4S2/c19-16(18-5-7-21-8-6-18)12-22-17(20)14(15-4-2-10-24-15)11-13-3-1-9-23-13/h1-4,9-11H,5-8,12H2/b14-11+. The largest absolute Gasteiger partial charge is 0.452 e. The smallest absolute Gasteiger partial charge is 0.340 e. The van der Waals surface area contributed by atoms with Crippen LogP contribution >= 0.6 is 22.7 Å². The second kappa shape index (κ2) is 8.23. The van der Waals surface area contributed by atoms with Crippen LogP contribution in [0.4, 0.5) is 0 Å². The molecule has 0 atom stereocenters. The Balaban J connectivity index is 1.67. The minimum absolute atomic E-state index is 0.187. The average molecular weight is 363 g/mol. The molecule has 2 aromatic heterocycles. The topological polar surface area (TPSA) is 55.8 Å². The van der Waals surface area contributed by atoms with Gasteiger partial charge in [0, 0.05) is 22.8 Å². The minimum atomic E-state index is -0.479. The van der Waals surface area contributed by atoms with Gasteiger partial charge >= 0.3 is 5.97 Å². The van der Waals surface area contributed by atoms with Gasteiger partial charge in [-0.3, -0.25) is 4.79 Å². The molecule has 3 heterocycles. The number of nitrogens with zero attached hydrogens (tertiary/aromatic N) is 1. The lowest BCUT2D eigenvalue weighted by Gasteiger charge is -2.26. The summed E-state index contributed by atoms with van der Waals surface area (Å²) >= 11 is 3.01. The summed E-state index contributed by atoms with van der Waals surface area (Å²) in [6, 6.07) is 7.61. The van der Waals surface area contributed by atoms with E-state index < -0.39 is 5.97 Å². The molecule has 1 aliphatic heterocycles. The number of amides is 1. The van der Waals surface area contributed by atoms with Gasteiger partial charge in [-0.25, -0.2) is 4.79 Å². The zero-order valence-electron chi connectivity index (χ0n) is 13.0. The second-order valence-corrected chi connectivity index (χ2v) is 7.05. The Morgan fingerprint density at radius 2 is 1.92 bits per heavy atom. The molecule has 0 N–H and O–H groups in total. The maximum absolute atomic E-state index is 12.5. The Hall–Kier alpha value is -1.96. The molecule has 126 valence electrons. The predicted octanol–water partition coefficient (Wildman–Crippen LogP) is 2.75. The molecule has 0 unspecified atom stereocenters. The van der Waals surface area contributed by atoms with Crippen LogP contribution in [0.2, 0.25) is 0 Å². The van der Waals surface area contributed by atoms with Gasteiger partial charge in [0.25, 0.3) is 5.91 Å². The summed E-state index contributed by atoms with van der Waals surface area (Å²) in [4.78, 5) is 28.0. The van der Waals surface area contributed by atoms with E-state index in [2.05, 4.69) is 0 Å². The van der Waals surface area contributed by atoms with Crippen LogP contribution in [0.15, 0.2) is 35.0 Å². The number of carbonyl (C=O) groups excluding carboxylic acids is 2. The van der Waals surface area contributed by atoms with Crippen molar-refractivity contribution in [3.05, 3.63) is 44.8 Å². The molecule has 5 nitrogen and oxygen atoms in total. The van der Waals surface area contributed by atoms with Crippen LogP contribution in [0.1, 0.15) is 9.75 Å². The average Bonchev–Trinajstić information content (AvgIpc) is 3.31. The van der Waals surface area contributed by atoms with Gasteiger partial charge < -0.3 is 14.4 Å². The van der Waals surface area contributed by atoms with Crippen molar-refractivity contribution < 1.29 is 19.1 Å². The SMILES string of the molecule is O=C(OCC(=O)N1CCOCC1)/C(=C/c1cccs1)c1cccs1. The molecule has 24 heavy (non-hydrogen) atoms. The molecule has 0 aliphatic carbocycles. The molecule has 2 aromatic rings. The zero-order valence-corrected chi connectivity index (χ0v) is 14.6. The van der Waals surface area contributed by atoms with E-state index in [-0.39, 0.29) is 12.5 Å². The predicted molar refractivity (Wildman–Crippen MR) is 94.9 cm³/mol. The van der Waals surface area contributed by atoms with E-state index in [9.17, 15) is 9.59 Å². The lowest BCUT2D eigenvalue weighted by molar-refractivity contribution is -0.149. The van der Waals surface area contributed by atoms with Crippen molar-refractivity contribution in [1.82, 2.24) is 4.90 Å². The summed E-state index contributed by atoms with van der Waals surface area (Å²) in [7, 11) is 0. The third kappa shape index (κ3) is 4.31. The molecule has 1 saturated heterocycles. The van der Waals surface area contributed by atoms with E-state index in [4.69, 9.17) is 9.47 Å². The highest BCUT2D eigenvalue weighted by Gasteiger charge is 2.20. The normalized spacial score (nSPS) is 15.3. The van der Waals surface area contributed by atoms with Crippen molar-refractivity contribution in [3.8, 4) is 0 Å². The molecule has 3 rings (SSSR count). The Morgan fingerprint density at radius 1 is 1.17 bits per heavy atom. The maximum Gasteiger partial charge on any atom is 0.340 e. The molecule has 0 spiro atoms. The molecule has 0 bridgehead atoms. The van der Waals surface area contributed by atoms with E-state index in [1.165, 1.54) is 11.3 Å². The molecular weight excluding hydrogens is 346 g/mol. The molecular formula is C17H17NO4S2. The fourth-order valence-corrected chi connectivity index (χ4v) is 3.67. The molecule has 0 saturated carbocycles. The van der Waals surface area contributed by atoms with Gasteiger partial charge in [0.15, 0.2) is 6.61 Å². The number of thiophene rings is 2. The molecule has 7 heteroatoms. The highest BCUT2D eigenvalue weighted by atomic mass is 32.1. The molecule has 1 aliphatic rings. The Kier molecular flexibility index (Phi) is 5.79. The Bertz CT molecular complexity index is 701. The van der Waals surface area contributed by atoms with Crippen LogP contribution in [0.25, 0.3) is 11.6 Å². The first-order chi connectivity index (χ1) is 11.7. The number of morpholine rings is 1. The van der Waals surface area contributed by atoms with Gasteiger partial charge in [-0.1, -0.05) is 12.1 Å². The summed E-state index contributed by atoms with van der Waals surface area (Å²) in [6.07, 6.45) is 1.80. The second-order valence-electron chi connectivity index (χ2n) is 5.12. The van der Waals surface area contributed by atoms with E-state index in [1.54, 1.807) is 22.3 Å². The van der Waals surface area contributed by atoms with Crippen LogP contribution in [-0.2, 0) is 19.1 Å². The summed E-state index contributed by atoms with van der Waals surface area (Å²) in [5.41, 5.74) is 0.474. The van der Waals surface area contributed by atoms with Crippen LogP contribution < -0.4 is 0 Å². The van der Waals surface area contributed by atoms with Crippen molar-refractivity contribution in [2.45, 2.75) is 0 Å². The third-order valence-electron chi connectivity index (χ3n) is 3.53. The van der Waals surface area contributed by atoms with Crippen LogP contribution in [-0.4, -0.2) is 49.7 Å². The van der Waals surface area contributed by atoms with Gasteiger partial charge in [0.05, 0.1) is 18.8 Å². The van der Waals surface area contributed by atoms with Crippen molar-refractivity contribution in [2.75, 3.05) is 32.9 Å². The van der Waals surface area contributed by atoms with Crippen molar-refractivity contribution in [3.63, 3.8) is 0 Å². The number of ether oxygens (including phenoxy) is 2. The van der Waals surface area contributed by atoms with Crippen LogP contribution in [0.5, 0.6) is 0 Å². The summed E-state index contributed by atoms with van der Waals surface area (Å²) in [6.45, 7) is 1.89. The van der Waals surface area contributed by atoms with E-state index in [0.29, 0.717) is 31.9 Å². The van der Waals surface area contributed by atoms with Crippen molar-refractivity contribution in [1.29, 1.82) is 0 Å². The lowest BCUT2D eigenvalue weighted by Crippen LogP contribution is -2.42. The summed E-state index contributed by atoms with van der Waals surface area (Å²) < 4.78 is 10.5. The molecule has 1 fully saturated rings. The maximum atomic E-state index is 12.5. The molecule has 0 radical (unpaired) electrons. The zero-order chi connectivity index (χ0) is 16.8. The van der Waals surface area contributed by atoms with Gasteiger partial charge in [-0.2, -0.15) is 0 Å². The quantitative estimate of drug-likeness (QED) is 0.605. The summed E-state index contributed by atoms with van der Waals surface area (Å²) in [5, 5.41) is 3.86. The number of hydrogen-bond acceptors (Lipinski definition) is 6. The van der Waals surface area contributed by atoms with E-state index >= 15 is 0 Å². The monoisotopic (exact) mass is 363 g/mol. The fraction of sp³-hybridized carbons (Fsp3) is 0.294. The van der Waals surface area contributed by atoms with Crippen LogP contribution in [0, 0.1) is 0 Å². The van der Waals surface area contributed by atoms with E-state index in [0.717, 1.165) is 9.75 Å².